The van der Waals surface area contributed by atoms with E-state index in [2.05, 4.69) is 20.6 Å². The Labute approximate surface area is 153 Å². The summed E-state index contributed by atoms with van der Waals surface area (Å²) in [5.41, 5.74) is 0.375. The lowest BCUT2D eigenvalue weighted by molar-refractivity contribution is -0.136. The van der Waals surface area contributed by atoms with Gasteiger partial charge in [0.05, 0.1) is 11.3 Å². The molecule has 3 rings (SSSR count). The van der Waals surface area contributed by atoms with Gasteiger partial charge in [0.25, 0.3) is 0 Å². The number of rotatable bonds is 4. The highest BCUT2D eigenvalue weighted by atomic mass is 35.5. The summed E-state index contributed by atoms with van der Waals surface area (Å²) in [4.78, 5) is 8.49. The fourth-order valence-corrected chi connectivity index (χ4v) is 2.51. The van der Waals surface area contributed by atoms with E-state index < -0.39 is 11.7 Å². The lowest BCUT2D eigenvalue weighted by atomic mass is 10.1. The fourth-order valence-electron chi connectivity index (χ4n) is 2.34. The number of hydrogen-bond donors (Lipinski definition) is 2. The van der Waals surface area contributed by atoms with E-state index in [4.69, 9.17) is 11.6 Å². The predicted octanol–water partition coefficient (Wildman–Crippen LogP) is 5.94. The molecule has 1 heterocycles. The Bertz CT molecular complexity index is 914. The number of anilines is 4. The van der Waals surface area contributed by atoms with Gasteiger partial charge in [0.15, 0.2) is 0 Å². The fraction of sp³-hybridized carbons (Fsp3) is 0.111. The summed E-state index contributed by atoms with van der Waals surface area (Å²) < 4.78 is 39.7. The zero-order valence-electron chi connectivity index (χ0n) is 13.6. The maximum atomic E-state index is 13.2. The van der Waals surface area contributed by atoms with E-state index in [1.165, 1.54) is 12.1 Å². The van der Waals surface area contributed by atoms with Crippen molar-refractivity contribution in [3.63, 3.8) is 0 Å². The molecule has 2 N–H and O–H groups in total. The average Bonchev–Trinajstić information content (AvgIpc) is 2.56. The summed E-state index contributed by atoms with van der Waals surface area (Å²) in [5, 5.41) is 5.73. The number of benzene rings is 2. The Morgan fingerprint density at radius 3 is 2.35 bits per heavy atom. The number of hydrogen-bond acceptors (Lipinski definition) is 4. The van der Waals surface area contributed by atoms with Crippen LogP contribution in [-0.4, -0.2) is 9.97 Å². The first-order valence-corrected chi connectivity index (χ1v) is 8.00. The molecule has 0 fully saturated rings. The summed E-state index contributed by atoms with van der Waals surface area (Å²) in [6.45, 7) is 1.73. The van der Waals surface area contributed by atoms with Crippen LogP contribution in [0.5, 0.6) is 0 Å². The quantitative estimate of drug-likeness (QED) is 0.589. The zero-order chi connectivity index (χ0) is 18.7. The van der Waals surface area contributed by atoms with Crippen LogP contribution < -0.4 is 10.6 Å². The van der Waals surface area contributed by atoms with Crippen LogP contribution in [0.1, 0.15) is 11.3 Å². The molecule has 1 aromatic heterocycles. The van der Waals surface area contributed by atoms with Crippen LogP contribution in [0.15, 0.2) is 54.6 Å². The van der Waals surface area contributed by atoms with Gasteiger partial charge in [-0.1, -0.05) is 29.8 Å². The molecule has 2 aromatic carbocycles. The molecule has 0 saturated heterocycles. The highest BCUT2D eigenvalue weighted by Gasteiger charge is 2.34. The van der Waals surface area contributed by atoms with Gasteiger partial charge in [-0.2, -0.15) is 18.2 Å². The first-order chi connectivity index (χ1) is 12.3. The maximum absolute atomic E-state index is 13.2. The molecule has 0 radical (unpaired) electrons. The average molecular weight is 379 g/mol. The van der Waals surface area contributed by atoms with Gasteiger partial charge in [-0.3, -0.25) is 0 Å². The van der Waals surface area contributed by atoms with Crippen molar-refractivity contribution >= 4 is 34.7 Å². The van der Waals surface area contributed by atoms with Crippen molar-refractivity contribution in [1.29, 1.82) is 0 Å². The molecule has 8 heteroatoms. The molecule has 26 heavy (non-hydrogen) atoms. The van der Waals surface area contributed by atoms with Crippen LogP contribution in [-0.2, 0) is 6.18 Å². The Kier molecular flexibility index (Phi) is 4.99. The molecular weight excluding hydrogens is 365 g/mol. The van der Waals surface area contributed by atoms with E-state index in [0.29, 0.717) is 5.69 Å². The molecule has 0 aliphatic carbocycles. The number of aryl methyl sites for hydroxylation is 1. The van der Waals surface area contributed by atoms with Crippen molar-refractivity contribution in [2.24, 2.45) is 0 Å². The largest absolute Gasteiger partial charge is 0.418 e. The van der Waals surface area contributed by atoms with E-state index >= 15 is 0 Å². The second kappa shape index (κ2) is 7.21. The minimum Gasteiger partial charge on any atom is -0.340 e. The van der Waals surface area contributed by atoms with Gasteiger partial charge in [-0.15, -0.1) is 0 Å². The highest BCUT2D eigenvalue weighted by Crippen LogP contribution is 2.37. The van der Waals surface area contributed by atoms with Gasteiger partial charge < -0.3 is 10.6 Å². The van der Waals surface area contributed by atoms with E-state index in [1.807, 2.05) is 30.3 Å². The zero-order valence-corrected chi connectivity index (χ0v) is 14.4. The van der Waals surface area contributed by atoms with Gasteiger partial charge in [-0.05, 0) is 37.3 Å². The van der Waals surface area contributed by atoms with Crippen molar-refractivity contribution in [3.05, 3.63) is 70.9 Å². The molecule has 0 aliphatic heterocycles. The number of nitrogens with zero attached hydrogens (tertiary/aromatic N) is 2. The topological polar surface area (TPSA) is 49.8 Å². The Morgan fingerprint density at radius 2 is 1.65 bits per heavy atom. The van der Waals surface area contributed by atoms with E-state index in [0.717, 1.165) is 11.8 Å². The molecule has 0 saturated carbocycles. The van der Waals surface area contributed by atoms with Crippen LogP contribution in [0.25, 0.3) is 0 Å². The van der Waals surface area contributed by atoms with Crippen LogP contribution in [0, 0.1) is 6.92 Å². The summed E-state index contributed by atoms with van der Waals surface area (Å²) in [5.74, 6) is 0.518. The molecule has 3 aromatic rings. The second-order valence-electron chi connectivity index (χ2n) is 5.52. The van der Waals surface area contributed by atoms with Crippen molar-refractivity contribution < 1.29 is 13.2 Å². The predicted molar refractivity (Wildman–Crippen MR) is 96.2 cm³/mol. The molecule has 0 unspecified atom stereocenters. The van der Waals surface area contributed by atoms with Gasteiger partial charge in [0.2, 0.25) is 5.95 Å². The third-order valence-corrected chi connectivity index (χ3v) is 3.67. The number of aromatic nitrogens is 2. The Hall–Kier alpha value is -2.80. The van der Waals surface area contributed by atoms with Crippen LogP contribution in [0.4, 0.5) is 36.3 Å². The monoisotopic (exact) mass is 378 g/mol. The molecule has 0 atom stereocenters. The molecule has 0 aliphatic rings. The smallest absolute Gasteiger partial charge is 0.340 e. The summed E-state index contributed by atoms with van der Waals surface area (Å²) >= 11 is 5.70. The van der Waals surface area contributed by atoms with Gasteiger partial charge >= 0.3 is 6.18 Å². The van der Waals surface area contributed by atoms with Crippen LogP contribution in [0.3, 0.4) is 0 Å². The second-order valence-corrected chi connectivity index (χ2v) is 5.96. The SMILES string of the molecule is Cc1cc(Nc2ccc(Cl)cc2C(F)(F)F)nc(Nc2ccccc2)n1. The number of para-hydroxylation sites is 1. The Balaban J connectivity index is 1.91. The van der Waals surface area contributed by atoms with Crippen molar-refractivity contribution in [2.75, 3.05) is 10.6 Å². The molecule has 0 bridgehead atoms. The van der Waals surface area contributed by atoms with E-state index in [1.54, 1.807) is 13.0 Å². The third kappa shape index (κ3) is 4.43. The summed E-state index contributed by atoms with van der Waals surface area (Å²) in [6, 6.07) is 14.3. The third-order valence-electron chi connectivity index (χ3n) is 3.43. The summed E-state index contributed by atoms with van der Waals surface area (Å²) in [6.07, 6.45) is -4.54. The first kappa shape index (κ1) is 18.0. The lowest BCUT2D eigenvalue weighted by Crippen LogP contribution is -2.10. The molecule has 0 spiro atoms. The van der Waals surface area contributed by atoms with Crippen molar-refractivity contribution in [2.45, 2.75) is 13.1 Å². The van der Waals surface area contributed by atoms with Crippen molar-refractivity contribution in [1.82, 2.24) is 9.97 Å². The minimum absolute atomic E-state index is 0.00757. The van der Waals surface area contributed by atoms with Gasteiger partial charge in [0.1, 0.15) is 5.82 Å². The summed E-state index contributed by atoms with van der Waals surface area (Å²) in [7, 11) is 0. The van der Waals surface area contributed by atoms with Gasteiger partial charge in [-0.25, -0.2) is 4.98 Å². The number of nitrogens with one attached hydrogen (secondary N) is 2. The Morgan fingerprint density at radius 1 is 0.923 bits per heavy atom. The van der Waals surface area contributed by atoms with E-state index in [9.17, 15) is 13.2 Å². The first-order valence-electron chi connectivity index (χ1n) is 7.63. The number of halogens is 4. The molecule has 134 valence electrons. The molecule has 0 amide bonds. The maximum Gasteiger partial charge on any atom is 0.418 e. The standard InChI is InChI=1S/C18H14ClF3N4/c1-11-9-16(26-17(23-11)24-13-5-3-2-4-6-13)25-15-8-7-12(19)10-14(15)18(20,21)22/h2-10H,1H3,(H2,23,24,25,26). The highest BCUT2D eigenvalue weighted by molar-refractivity contribution is 6.30. The number of alkyl halides is 3. The lowest BCUT2D eigenvalue weighted by Gasteiger charge is -2.15. The normalized spacial score (nSPS) is 11.3. The molecule has 4 nitrogen and oxygen atoms in total. The van der Waals surface area contributed by atoms with Crippen molar-refractivity contribution in [3.8, 4) is 0 Å². The van der Waals surface area contributed by atoms with Crippen LogP contribution in [0.2, 0.25) is 5.02 Å². The minimum atomic E-state index is -4.54. The van der Waals surface area contributed by atoms with E-state index in [-0.39, 0.29) is 22.5 Å². The van der Waals surface area contributed by atoms with Gasteiger partial charge in [0, 0.05) is 22.5 Å². The molecular formula is C18H14ClF3N4. The van der Waals surface area contributed by atoms with Crippen LogP contribution >= 0.6 is 11.6 Å².